The molecule has 2 atom stereocenters. The Morgan fingerprint density at radius 3 is 2.59 bits per heavy atom. The third-order valence-electron chi connectivity index (χ3n) is 3.76. The molecule has 0 aliphatic carbocycles. The second-order valence-electron chi connectivity index (χ2n) is 5.52. The minimum atomic E-state index is -4.51. The quantitative estimate of drug-likeness (QED) is 0.804. The number of carbonyl (C=O) groups excluding carboxylic acids is 2. The van der Waals surface area contributed by atoms with Crippen molar-refractivity contribution in [1.82, 2.24) is 9.88 Å². The summed E-state index contributed by atoms with van der Waals surface area (Å²) in [4.78, 5) is 27.9. The normalized spacial score (nSPS) is 22.5. The summed E-state index contributed by atoms with van der Waals surface area (Å²) >= 11 is 0. The predicted octanol–water partition coefficient (Wildman–Crippen LogP) is 1.89. The number of aromatic nitrogens is 1. The molecule has 2 unspecified atom stereocenters. The van der Waals surface area contributed by atoms with Crippen LogP contribution in [0, 0.1) is 5.92 Å². The summed E-state index contributed by atoms with van der Waals surface area (Å²) in [6, 6.07) is 0.348. The minimum absolute atomic E-state index is 0.151. The van der Waals surface area contributed by atoms with Crippen molar-refractivity contribution >= 4 is 11.8 Å². The highest BCUT2D eigenvalue weighted by Gasteiger charge is 2.36. The molecule has 5 nitrogen and oxygen atoms in total. The summed E-state index contributed by atoms with van der Waals surface area (Å²) in [7, 11) is 0. The molecule has 1 aromatic heterocycles. The molecule has 22 heavy (non-hydrogen) atoms. The molecule has 8 heteroatoms. The van der Waals surface area contributed by atoms with E-state index in [-0.39, 0.29) is 18.0 Å². The highest BCUT2D eigenvalue weighted by Crippen LogP contribution is 2.36. The number of rotatable bonds is 1. The number of hydrogen-bond acceptors (Lipinski definition) is 3. The Morgan fingerprint density at radius 1 is 1.32 bits per heavy atom. The molecule has 0 spiro atoms. The first-order valence-corrected chi connectivity index (χ1v) is 6.82. The molecular formula is C14H16F3N3O2. The number of hydrogen-bond donors (Lipinski definition) is 1. The summed E-state index contributed by atoms with van der Waals surface area (Å²) < 4.78 is 38.4. The molecule has 2 heterocycles. The molecule has 0 saturated carbocycles. The summed E-state index contributed by atoms with van der Waals surface area (Å²) in [6.45, 7) is 2.19. The second-order valence-corrected chi connectivity index (χ2v) is 5.52. The lowest BCUT2D eigenvalue weighted by Gasteiger charge is -2.38. The number of alkyl halides is 3. The van der Waals surface area contributed by atoms with E-state index in [1.807, 2.05) is 6.92 Å². The highest BCUT2D eigenvalue weighted by molar-refractivity contribution is 6.34. The van der Waals surface area contributed by atoms with Crippen molar-refractivity contribution in [3.63, 3.8) is 0 Å². The molecule has 0 aromatic carbocycles. The van der Waals surface area contributed by atoms with E-state index in [1.165, 1.54) is 11.1 Å². The number of piperidine rings is 1. The fourth-order valence-electron chi connectivity index (χ4n) is 2.66. The van der Waals surface area contributed by atoms with Crippen LogP contribution in [0.25, 0.3) is 0 Å². The number of nitrogens with zero attached hydrogens (tertiary/aromatic N) is 2. The van der Waals surface area contributed by atoms with E-state index in [0.717, 1.165) is 18.7 Å². The lowest BCUT2D eigenvalue weighted by Crippen LogP contribution is -2.47. The van der Waals surface area contributed by atoms with E-state index in [1.54, 1.807) is 0 Å². The van der Waals surface area contributed by atoms with Gasteiger partial charge in [-0.05, 0) is 30.4 Å². The third-order valence-corrected chi connectivity index (χ3v) is 3.76. The van der Waals surface area contributed by atoms with Crippen LogP contribution in [0.15, 0.2) is 18.5 Å². The molecule has 2 rings (SSSR count). The van der Waals surface area contributed by atoms with Crippen molar-refractivity contribution in [3.8, 4) is 0 Å². The number of amides is 2. The first kappa shape index (κ1) is 16.3. The number of likely N-dealkylation sites (tertiary alicyclic amines) is 1. The van der Waals surface area contributed by atoms with Gasteiger partial charge in [0.25, 0.3) is 0 Å². The maximum absolute atomic E-state index is 12.8. The van der Waals surface area contributed by atoms with Crippen LogP contribution in [0.3, 0.4) is 0 Å². The van der Waals surface area contributed by atoms with Crippen molar-refractivity contribution in [2.75, 3.05) is 6.54 Å². The van der Waals surface area contributed by atoms with Gasteiger partial charge in [-0.1, -0.05) is 6.92 Å². The van der Waals surface area contributed by atoms with Gasteiger partial charge in [0.15, 0.2) is 0 Å². The molecule has 120 valence electrons. The zero-order chi connectivity index (χ0) is 16.5. The Morgan fingerprint density at radius 2 is 2.00 bits per heavy atom. The Labute approximate surface area is 125 Å². The van der Waals surface area contributed by atoms with Crippen molar-refractivity contribution in [1.29, 1.82) is 0 Å². The van der Waals surface area contributed by atoms with E-state index in [2.05, 4.69) is 4.98 Å². The average molecular weight is 315 g/mol. The van der Waals surface area contributed by atoms with Crippen LogP contribution >= 0.6 is 0 Å². The van der Waals surface area contributed by atoms with E-state index in [9.17, 15) is 22.8 Å². The van der Waals surface area contributed by atoms with Crippen molar-refractivity contribution in [3.05, 3.63) is 29.6 Å². The number of primary amides is 1. The maximum Gasteiger partial charge on any atom is 0.417 e. The Hall–Kier alpha value is -2.12. The molecule has 1 aliphatic rings. The van der Waals surface area contributed by atoms with Crippen LogP contribution in [-0.4, -0.2) is 28.2 Å². The standard InChI is InChI=1S/C14H16F3N3O2/c1-8-2-3-11(20(7-8)13(22)12(18)21)9-4-10(6-19-5-9)14(15,16)17/h4-6,8,11H,2-3,7H2,1H3,(H2,18,21). The molecule has 0 radical (unpaired) electrons. The van der Waals surface area contributed by atoms with Crippen LogP contribution in [0.5, 0.6) is 0 Å². The monoisotopic (exact) mass is 315 g/mol. The number of halogens is 3. The van der Waals surface area contributed by atoms with Gasteiger partial charge in [-0.2, -0.15) is 13.2 Å². The molecule has 1 aromatic rings. The highest BCUT2D eigenvalue weighted by atomic mass is 19.4. The van der Waals surface area contributed by atoms with Crippen molar-refractivity contribution in [2.24, 2.45) is 11.7 Å². The number of nitrogens with two attached hydrogens (primary N) is 1. The number of carbonyl (C=O) groups is 2. The summed E-state index contributed by atoms with van der Waals surface area (Å²) in [6.07, 6.45) is -1.29. The van der Waals surface area contributed by atoms with E-state index >= 15 is 0 Å². The Kier molecular flexibility index (Phi) is 4.39. The lowest BCUT2D eigenvalue weighted by molar-refractivity contribution is -0.147. The molecule has 0 bridgehead atoms. The van der Waals surface area contributed by atoms with Gasteiger partial charge in [-0.25, -0.2) is 0 Å². The summed E-state index contributed by atoms with van der Waals surface area (Å²) in [5.74, 6) is -1.84. The predicted molar refractivity (Wildman–Crippen MR) is 71.3 cm³/mol. The van der Waals surface area contributed by atoms with Gasteiger partial charge in [0.2, 0.25) is 0 Å². The van der Waals surface area contributed by atoms with Crippen molar-refractivity contribution < 1.29 is 22.8 Å². The van der Waals surface area contributed by atoms with Crippen LogP contribution in [0.2, 0.25) is 0 Å². The van der Waals surface area contributed by atoms with Gasteiger partial charge >= 0.3 is 18.0 Å². The zero-order valence-corrected chi connectivity index (χ0v) is 11.9. The first-order chi connectivity index (χ1) is 10.2. The van der Waals surface area contributed by atoms with E-state index in [4.69, 9.17) is 5.73 Å². The molecule has 2 N–H and O–H groups in total. The van der Waals surface area contributed by atoms with Crippen LogP contribution < -0.4 is 5.73 Å². The van der Waals surface area contributed by atoms with Gasteiger partial charge < -0.3 is 10.6 Å². The van der Waals surface area contributed by atoms with Gasteiger partial charge in [-0.3, -0.25) is 14.6 Å². The van der Waals surface area contributed by atoms with E-state index in [0.29, 0.717) is 6.42 Å². The first-order valence-electron chi connectivity index (χ1n) is 6.82. The largest absolute Gasteiger partial charge is 0.417 e. The third kappa shape index (κ3) is 3.37. The SMILES string of the molecule is CC1CCC(c2cncc(C(F)(F)F)c2)N(C(=O)C(N)=O)C1. The van der Waals surface area contributed by atoms with Crippen LogP contribution in [0.4, 0.5) is 13.2 Å². The van der Waals surface area contributed by atoms with Crippen LogP contribution in [0.1, 0.15) is 36.9 Å². The molecule has 1 fully saturated rings. The van der Waals surface area contributed by atoms with E-state index < -0.39 is 29.6 Å². The van der Waals surface area contributed by atoms with Gasteiger partial charge in [0.1, 0.15) is 0 Å². The average Bonchev–Trinajstić information content (AvgIpc) is 2.45. The fraction of sp³-hybridized carbons (Fsp3) is 0.500. The second kappa shape index (κ2) is 5.94. The minimum Gasteiger partial charge on any atom is -0.361 e. The smallest absolute Gasteiger partial charge is 0.361 e. The zero-order valence-electron chi connectivity index (χ0n) is 11.9. The Balaban J connectivity index is 2.36. The van der Waals surface area contributed by atoms with Crippen molar-refractivity contribution in [2.45, 2.75) is 32.0 Å². The van der Waals surface area contributed by atoms with Gasteiger partial charge in [0, 0.05) is 18.9 Å². The fourth-order valence-corrected chi connectivity index (χ4v) is 2.66. The van der Waals surface area contributed by atoms with Crippen LogP contribution in [-0.2, 0) is 15.8 Å². The van der Waals surface area contributed by atoms with Gasteiger partial charge in [-0.15, -0.1) is 0 Å². The molecule has 2 amide bonds. The molecular weight excluding hydrogens is 299 g/mol. The van der Waals surface area contributed by atoms with Gasteiger partial charge in [0.05, 0.1) is 11.6 Å². The lowest BCUT2D eigenvalue weighted by atomic mass is 9.90. The summed E-state index contributed by atoms with van der Waals surface area (Å²) in [5, 5.41) is 0. The maximum atomic E-state index is 12.8. The summed E-state index contributed by atoms with van der Waals surface area (Å²) in [5.41, 5.74) is 4.41. The molecule has 1 aliphatic heterocycles. The Bertz CT molecular complexity index is 589. The number of pyridine rings is 1. The molecule has 1 saturated heterocycles. The topological polar surface area (TPSA) is 76.3 Å².